The van der Waals surface area contributed by atoms with E-state index in [0.717, 1.165) is 10.8 Å². The minimum atomic E-state index is 0.375. The fourth-order valence-electron chi connectivity index (χ4n) is 1.04. The lowest BCUT2D eigenvalue weighted by Gasteiger charge is -2.02. The SMILES string of the molecule is CC(C)n1cc(Nc2nncs2)cn1. The molecule has 0 aliphatic carbocycles. The van der Waals surface area contributed by atoms with E-state index in [-0.39, 0.29) is 0 Å². The standard InChI is InChI=1S/C8H11N5S/c1-6(2)13-4-7(3-10-13)11-8-12-9-5-14-8/h3-6H,1-2H3,(H,11,12). The molecule has 14 heavy (non-hydrogen) atoms. The molecule has 1 N–H and O–H groups in total. The Morgan fingerprint density at radius 2 is 2.36 bits per heavy atom. The van der Waals surface area contributed by atoms with Crippen LogP contribution < -0.4 is 5.32 Å². The summed E-state index contributed by atoms with van der Waals surface area (Å²) in [6, 6.07) is 0.375. The molecular formula is C8H11N5S. The van der Waals surface area contributed by atoms with Crippen molar-refractivity contribution in [1.82, 2.24) is 20.0 Å². The van der Waals surface area contributed by atoms with Crippen molar-refractivity contribution in [2.24, 2.45) is 0 Å². The largest absolute Gasteiger partial charge is 0.328 e. The van der Waals surface area contributed by atoms with E-state index < -0.39 is 0 Å². The molecule has 5 nitrogen and oxygen atoms in total. The van der Waals surface area contributed by atoms with Gasteiger partial charge < -0.3 is 5.32 Å². The van der Waals surface area contributed by atoms with Gasteiger partial charge in [-0.15, -0.1) is 10.2 Å². The number of nitrogens with zero attached hydrogens (tertiary/aromatic N) is 4. The van der Waals surface area contributed by atoms with Gasteiger partial charge in [0, 0.05) is 12.2 Å². The van der Waals surface area contributed by atoms with Crippen LogP contribution in [-0.4, -0.2) is 20.0 Å². The van der Waals surface area contributed by atoms with Crippen LogP contribution in [0.15, 0.2) is 17.9 Å². The third kappa shape index (κ3) is 1.90. The highest BCUT2D eigenvalue weighted by Crippen LogP contribution is 2.17. The van der Waals surface area contributed by atoms with Gasteiger partial charge in [0.2, 0.25) is 5.13 Å². The van der Waals surface area contributed by atoms with Crippen LogP contribution in [0, 0.1) is 0 Å². The highest BCUT2D eigenvalue weighted by Gasteiger charge is 2.02. The first-order valence-electron chi connectivity index (χ1n) is 4.33. The summed E-state index contributed by atoms with van der Waals surface area (Å²) in [5.41, 5.74) is 2.63. The van der Waals surface area contributed by atoms with Crippen molar-refractivity contribution in [3.8, 4) is 0 Å². The Kier molecular flexibility index (Phi) is 2.45. The van der Waals surface area contributed by atoms with Gasteiger partial charge in [-0.25, -0.2) is 0 Å². The summed E-state index contributed by atoms with van der Waals surface area (Å²) >= 11 is 1.47. The number of aromatic nitrogens is 4. The second-order valence-electron chi connectivity index (χ2n) is 3.17. The molecule has 0 amide bonds. The molecule has 74 valence electrons. The van der Waals surface area contributed by atoms with E-state index in [2.05, 4.69) is 34.5 Å². The molecule has 2 rings (SSSR count). The summed E-state index contributed by atoms with van der Waals surface area (Å²) in [6.07, 6.45) is 3.73. The van der Waals surface area contributed by atoms with E-state index in [1.165, 1.54) is 11.3 Å². The van der Waals surface area contributed by atoms with E-state index in [1.54, 1.807) is 11.7 Å². The zero-order valence-electron chi connectivity index (χ0n) is 8.01. The summed E-state index contributed by atoms with van der Waals surface area (Å²) in [7, 11) is 0. The maximum Gasteiger partial charge on any atom is 0.209 e. The molecule has 6 heteroatoms. The number of hydrogen-bond acceptors (Lipinski definition) is 5. The molecular weight excluding hydrogens is 198 g/mol. The average Bonchev–Trinajstić information content (AvgIpc) is 2.75. The number of hydrogen-bond donors (Lipinski definition) is 1. The lowest BCUT2D eigenvalue weighted by molar-refractivity contribution is 0.532. The zero-order valence-corrected chi connectivity index (χ0v) is 8.82. The maximum atomic E-state index is 4.21. The average molecular weight is 209 g/mol. The summed E-state index contributed by atoms with van der Waals surface area (Å²) in [5, 5.41) is 15.7. The molecule has 2 aromatic heterocycles. The van der Waals surface area contributed by atoms with Gasteiger partial charge in [0.05, 0.1) is 11.9 Å². The van der Waals surface area contributed by atoms with Gasteiger partial charge in [-0.05, 0) is 13.8 Å². The predicted octanol–water partition coefficient (Wildman–Crippen LogP) is 2.06. The number of anilines is 2. The molecule has 0 spiro atoms. The van der Waals surface area contributed by atoms with E-state index in [0.29, 0.717) is 6.04 Å². The lowest BCUT2D eigenvalue weighted by Crippen LogP contribution is -1.99. The number of nitrogens with one attached hydrogen (secondary N) is 1. The van der Waals surface area contributed by atoms with Crippen molar-refractivity contribution >= 4 is 22.2 Å². The van der Waals surface area contributed by atoms with Crippen LogP contribution in [0.25, 0.3) is 0 Å². The second kappa shape index (κ2) is 3.75. The normalized spacial score (nSPS) is 10.8. The fourth-order valence-corrected chi connectivity index (χ4v) is 1.50. The Balaban J connectivity index is 2.11. The Labute approximate surface area is 85.8 Å². The summed E-state index contributed by atoms with van der Waals surface area (Å²) in [5.74, 6) is 0. The van der Waals surface area contributed by atoms with E-state index >= 15 is 0 Å². The zero-order chi connectivity index (χ0) is 9.97. The van der Waals surface area contributed by atoms with E-state index in [1.807, 2.05) is 10.9 Å². The van der Waals surface area contributed by atoms with Crippen molar-refractivity contribution in [3.63, 3.8) is 0 Å². The van der Waals surface area contributed by atoms with Gasteiger partial charge in [0.1, 0.15) is 5.51 Å². The maximum absolute atomic E-state index is 4.21. The Hall–Kier alpha value is -1.43. The first kappa shape index (κ1) is 9.14. The lowest BCUT2D eigenvalue weighted by atomic mass is 10.4. The monoisotopic (exact) mass is 209 g/mol. The van der Waals surface area contributed by atoms with E-state index in [4.69, 9.17) is 0 Å². The second-order valence-corrected chi connectivity index (χ2v) is 4.00. The number of rotatable bonds is 3. The third-order valence-electron chi connectivity index (χ3n) is 1.74. The Bertz CT molecular complexity index is 392. The van der Waals surface area contributed by atoms with Crippen LogP contribution in [0.2, 0.25) is 0 Å². The first-order chi connectivity index (χ1) is 6.75. The van der Waals surface area contributed by atoms with E-state index in [9.17, 15) is 0 Å². The van der Waals surface area contributed by atoms with Crippen LogP contribution in [0.5, 0.6) is 0 Å². The minimum absolute atomic E-state index is 0.375. The Morgan fingerprint density at radius 3 is 2.93 bits per heavy atom. The molecule has 0 saturated carbocycles. The molecule has 0 fully saturated rings. The van der Waals surface area contributed by atoms with Crippen molar-refractivity contribution in [2.45, 2.75) is 19.9 Å². The fraction of sp³-hybridized carbons (Fsp3) is 0.375. The van der Waals surface area contributed by atoms with Crippen LogP contribution in [0.4, 0.5) is 10.8 Å². The molecule has 0 atom stereocenters. The predicted molar refractivity (Wildman–Crippen MR) is 55.8 cm³/mol. The van der Waals surface area contributed by atoms with Gasteiger partial charge in [-0.1, -0.05) is 11.3 Å². The molecule has 2 heterocycles. The Morgan fingerprint density at radius 1 is 1.50 bits per heavy atom. The highest BCUT2D eigenvalue weighted by atomic mass is 32.1. The van der Waals surface area contributed by atoms with Gasteiger partial charge >= 0.3 is 0 Å². The van der Waals surface area contributed by atoms with Gasteiger partial charge in [0.25, 0.3) is 0 Å². The van der Waals surface area contributed by atoms with Gasteiger partial charge in [-0.2, -0.15) is 5.10 Å². The summed E-state index contributed by atoms with van der Waals surface area (Å²) in [4.78, 5) is 0. The molecule has 0 bridgehead atoms. The van der Waals surface area contributed by atoms with Crippen molar-refractivity contribution in [2.75, 3.05) is 5.32 Å². The molecule has 0 aromatic carbocycles. The van der Waals surface area contributed by atoms with Crippen molar-refractivity contribution in [1.29, 1.82) is 0 Å². The van der Waals surface area contributed by atoms with Gasteiger partial charge in [-0.3, -0.25) is 4.68 Å². The third-order valence-corrected chi connectivity index (χ3v) is 2.35. The molecule has 0 unspecified atom stereocenters. The molecule has 0 saturated heterocycles. The molecule has 0 radical (unpaired) electrons. The highest BCUT2D eigenvalue weighted by molar-refractivity contribution is 7.13. The van der Waals surface area contributed by atoms with Crippen molar-refractivity contribution in [3.05, 3.63) is 17.9 Å². The quantitative estimate of drug-likeness (QED) is 0.840. The summed E-state index contributed by atoms with van der Waals surface area (Å²) in [6.45, 7) is 4.17. The van der Waals surface area contributed by atoms with Crippen molar-refractivity contribution < 1.29 is 0 Å². The minimum Gasteiger partial charge on any atom is -0.328 e. The molecule has 2 aromatic rings. The van der Waals surface area contributed by atoms with Crippen LogP contribution in [0.1, 0.15) is 19.9 Å². The van der Waals surface area contributed by atoms with Gasteiger partial charge in [0.15, 0.2) is 0 Å². The van der Waals surface area contributed by atoms with Crippen LogP contribution in [-0.2, 0) is 0 Å². The molecule has 0 aliphatic rings. The smallest absolute Gasteiger partial charge is 0.209 e. The molecule has 0 aliphatic heterocycles. The summed E-state index contributed by atoms with van der Waals surface area (Å²) < 4.78 is 1.89. The first-order valence-corrected chi connectivity index (χ1v) is 5.21. The van der Waals surface area contributed by atoms with Crippen LogP contribution in [0.3, 0.4) is 0 Å². The van der Waals surface area contributed by atoms with Crippen LogP contribution >= 0.6 is 11.3 Å². The topological polar surface area (TPSA) is 55.6 Å².